The number of hydrogen-bond donors (Lipinski definition) is 3. The normalized spacial score (nSPS) is 33.6. The van der Waals surface area contributed by atoms with Crippen LogP contribution in [0.1, 0.15) is 57.8 Å². The van der Waals surface area contributed by atoms with E-state index in [1.807, 2.05) is 9.91 Å². The highest BCUT2D eigenvalue weighted by atomic mass is 16.2. The van der Waals surface area contributed by atoms with Crippen LogP contribution in [-0.4, -0.2) is 65.9 Å². The van der Waals surface area contributed by atoms with Crippen LogP contribution < -0.4 is 16.5 Å². The summed E-state index contributed by atoms with van der Waals surface area (Å²) < 4.78 is 0. The van der Waals surface area contributed by atoms with Crippen LogP contribution in [0.25, 0.3) is 0 Å². The highest BCUT2D eigenvalue weighted by Gasteiger charge is 2.51. The van der Waals surface area contributed by atoms with Gasteiger partial charge in [-0.05, 0) is 69.2 Å². The average molecular weight is 406 g/mol. The maximum absolute atomic E-state index is 12.6. The van der Waals surface area contributed by atoms with Crippen molar-refractivity contribution in [1.82, 2.24) is 20.7 Å². The lowest BCUT2D eigenvalue weighted by molar-refractivity contribution is -0.136. The number of piperazine rings is 1. The largest absolute Gasteiger partial charge is 0.350 e. The summed E-state index contributed by atoms with van der Waals surface area (Å²) in [6.07, 6.45) is 8.31. The third kappa shape index (κ3) is 4.91. The molecule has 0 spiro atoms. The minimum Gasteiger partial charge on any atom is -0.350 e. The number of amides is 3. The summed E-state index contributed by atoms with van der Waals surface area (Å²) in [7, 11) is 0. The van der Waals surface area contributed by atoms with E-state index in [9.17, 15) is 14.4 Å². The first kappa shape index (κ1) is 20.6. The van der Waals surface area contributed by atoms with Crippen molar-refractivity contribution < 1.29 is 14.4 Å². The smallest absolute Gasteiger partial charge is 0.243 e. The zero-order valence-electron chi connectivity index (χ0n) is 17.3. The molecule has 162 valence electrons. The zero-order valence-corrected chi connectivity index (χ0v) is 17.3. The van der Waals surface area contributed by atoms with Gasteiger partial charge in [0, 0.05) is 38.1 Å². The molecule has 0 atom stereocenters. The Morgan fingerprint density at radius 2 is 1.48 bits per heavy atom. The first-order chi connectivity index (χ1) is 13.9. The Hall–Kier alpha value is -1.67. The summed E-state index contributed by atoms with van der Waals surface area (Å²) in [5, 5.41) is 5.07. The molecule has 4 saturated carbocycles. The lowest BCUT2D eigenvalue weighted by Crippen LogP contribution is -2.60. The maximum Gasteiger partial charge on any atom is 0.243 e. The first-order valence-corrected chi connectivity index (χ1v) is 11.3. The van der Waals surface area contributed by atoms with Gasteiger partial charge in [0.15, 0.2) is 0 Å². The molecule has 0 radical (unpaired) electrons. The Labute approximate surface area is 172 Å². The number of rotatable bonds is 7. The van der Waals surface area contributed by atoms with Crippen molar-refractivity contribution in [3.63, 3.8) is 0 Å². The van der Waals surface area contributed by atoms with Crippen molar-refractivity contribution in [2.75, 3.05) is 32.7 Å². The Bertz CT molecular complexity index is 609. The van der Waals surface area contributed by atoms with Crippen molar-refractivity contribution in [3.8, 4) is 0 Å². The van der Waals surface area contributed by atoms with Gasteiger partial charge in [-0.2, -0.15) is 0 Å². The molecule has 3 amide bonds. The topological polar surface area (TPSA) is 108 Å². The molecule has 0 aromatic carbocycles. The van der Waals surface area contributed by atoms with Crippen LogP contribution in [0.2, 0.25) is 0 Å². The molecule has 4 bridgehead atoms. The SMILES string of the molecule is NCCCC(=O)N1CCN(NC(=O)CC(=O)NC23CC4CC(CC(C4)C2)C3)CC1. The van der Waals surface area contributed by atoms with E-state index in [0.29, 0.717) is 45.6 Å². The van der Waals surface area contributed by atoms with Gasteiger partial charge in [0.25, 0.3) is 0 Å². The molecule has 1 aliphatic heterocycles. The molecule has 5 aliphatic rings. The van der Waals surface area contributed by atoms with Crippen LogP contribution in [-0.2, 0) is 14.4 Å². The van der Waals surface area contributed by atoms with Gasteiger partial charge in [-0.15, -0.1) is 0 Å². The number of nitrogens with zero attached hydrogens (tertiary/aromatic N) is 2. The van der Waals surface area contributed by atoms with Crippen LogP contribution >= 0.6 is 0 Å². The standard InChI is InChI=1S/C21H35N5O3/c22-3-1-2-20(29)25-4-6-26(7-5-25)24-19(28)11-18(27)23-21-12-15-8-16(13-21)10-17(9-15)14-21/h15-17H,1-14,22H2,(H,23,27)(H,24,28). The van der Waals surface area contributed by atoms with E-state index in [4.69, 9.17) is 5.73 Å². The van der Waals surface area contributed by atoms with Crippen molar-refractivity contribution in [1.29, 1.82) is 0 Å². The van der Waals surface area contributed by atoms with E-state index in [2.05, 4.69) is 10.7 Å². The summed E-state index contributed by atoms with van der Waals surface area (Å²) in [5.41, 5.74) is 8.24. The summed E-state index contributed by atoms with van der Waals surface area (Å²) in [6.45, 7) is 2.85. The van der Waals surface area contributed by atoms with Crippen molar-refractivity contribution in [2.45, 2.75) is 63.3 Å². The maximum atomic E-state index is 12.6. The van der Waals surface area contributed by atoms with E-state index in [1.54, 1.807) is 0 Å². The van der Waals surface area contributed by atoms with Crippen molar-refractivity contribution in [3.05, 3.63) is 0 Å². The van der Waals surface area contributed by atoms with E-state index in [1.165, 1.54) is 19.3 Å². The minimum atomic E-state index is -0.268. The van der Waals surface area contributed by atoms with Crippen LogP contribution in [0.15, 0.2) is 0 Å². The number of hydrogen-bond acceptors (Lipinski definition) is 5. The summed E-state index contributed by atoms with van der Waals surface area (Å²) in [4.78, 5) is 38.8. The van der Waals surface area contributed by atoms with E-state index in [-0.39, 0.29) is 29.7 Å². The van der Waals surface area contributed by atoms with Crippen LogP contribution in [0.5, 0.6) is 0 Å². The molecule has 29 heavy (non-hydrogen) atoms. The summed E-state index contributed by atoms with van der Waals surface area (Å²) >= 11 is 0. The third-order valence-electron chi connectivity index (χ3n) is 7.27. The predicted octanol–water partition coefficient (Wildman–Crippen LogP) is 0.376. The number of carbonyl (C=O) groups excluding carboxylic acids is 3. The lowest BCUT2D eigenvalue weighted by atomic mass is 9.53. The lowest BCUT2D eigenvalue weighted by Gasteiger charge is -2.56. The highest BCUT2D eigenvalue weighted by molar-refractivity contribution is 5.97. The highest BCUT2D eigenvalue weighted by Crippen LogP contribution is 2.55. The fourth-order valence-corrected chi connectivity index (χ4v) is 6.44. The van der Waals surface area contributed by atoms with Crippen LogP contribution in [0.4, 0.5) is 0 Å². The molecule has 4 aliphatic carbocycles. The monoisotopic (exact) mass is 405 g/mol. The number of carbonyl (C=O) groups is 3. The molecule has 4 N–H and O–H groups in total. The van der Waals surface area contributed by atoms with Crippen LogP contribution in [0, 0.1) is 17.8 Å². The number of nitrogens with one attached hydrogen (secondary N) is 2. The third-order valence-corrected chi connectivity index (χ3v) is 7.27. The van der Waals surface area contributed by atoms with Crippen molar-refractivity contribution >= 4 is 17.7 Å². The van der Waals surface area contributed by atoms with Crippen LogP contribution in [0.3, 0.4) is 0 Å². The Balaban J connectivity index is 1.19. The molecule has 1 heterocycles. The molecule has 0 aromatic rings. The molecule has 5 fully saturated rings. The van der Waals surface area contributed by atoms with Gasteiger partial charge in [0.1, 0.15) is 6.42 Å². The van der Waals surface area contributed by atoms with Gasteiger partial charge < -0.3 is 16.0 Å². The molecule has 1 saturated heterocycles. The summed E-state index contributed by atoms with van der Waals surface area (Å²) in [5.74, 6) is 1.99. The van der Waals surface area contributed by atoms with E-state index < -0.39 is 0 Å². The molecule has 8 heteroatoms. The molecule has 0 aromatic heterocycles. The molecular formula is C21H35N5O3. The molecule has 8 nitrogen and oxygen atoms in total. The number of hydrazine groups is 1. The van der Waals surface area contributed by atoms with Gasteiger partial charge in [0.2, 0.25) is 17.7 Å². The molecular weight excluding hydrogens is 370 g/mol. The Morgan fingerprint density at radius 1 is 0.897 bits per heavy atom. The summed E-state index contributed by atoms with van der Waals surface area (Å²) in [6, 6.07) is 0. The van der Waals surface area contributed by atoms with Gasteiger partial charge in [-0.25, -0.2) is 5.01 Å². The first-order valence-electron chi connectivity index (χ1n) is 11.3. The average Bonchev–Trinajstić information content (AvgIpc) is 2.64. The molecule has 0 unspecified atom stereocenters. The van der Waals surface area contributed by atoms with E-state index >= 15 is 0 Å². The number of nitrogens with two attached hydrogens (primary N) is 1. The van der Waals surface area contributed by atoms with Gasteiger partial charge in [-0.3, -0.25) is 19.8 Å². The van der Waals surface area contributed by atoms with Gasteiger partial charge >= 0.3 is 0 Å². The zero-order chi connectivity index (χ0) is 20.4. The predicted molar refractivity (Wildman–Crippen MR) is 108 cm³/mol. The van der Waals surface area contributed by atoms with Crippen molar-refractivity contribution in [2.24, 2.45) is 23.5 Å². The fourth-order valence-electron chi connectivity index (χ4n) is 6.44. The Morgan fingerprint density at radius 3 is 2.03 bits per heavy atom. The Kier molecular flexibility index (Phi) is 6.11. The van der Waals surface area contributed by atoms with E-state index in [0.717, 1.165) is 37.0 Å². The fraction of sp³-hybridized carbons (Fsp3) is 0.857. The quantitative estimate of drug-likeness (QED) is 0.531. The second-order valence-electron chi connectivity index (χ2n) is 9.72. The second kappa shape index (κ2) is 8.60. The second-order valence-corrected chi connectivity index (χ2v) is 9.72. The van der Waals surface area contributed by atoms with Gasteiger partial charge in [0.05, 0.1) is 0 Å². The minimum absolute atomic E-state index is 0.0539. The van der Waals surface area contributed by atoms with Gasteiger partial charge in [-0.1, -0.05) is 0 Å². The molecule has 5 rings (SSSR count).